The monoisotopic (exact) mass is 468 g/mol. The van der Waals surface area contributed by atoms with Crippen LogP contribution >= 0.6 is 0 Å². The van der Waals surface area contributed by atoms with E-state index < -0.39 is 17.2 Å². The third-order valence-electron chi connectivity index (χ3n) is 5.84. The van der Waals surface area contributed by atoms with Gasteiger partial charge in [0.15, 0.2) is 0 Å². The number of hydrogen-bond acceptors (Lipinski definition) is 4. The fourth-order valence-electron chi connectivity index (χ4n) is 3.70. The van der Waals surface area contributed by atoms with Gasteiger partial charge in [0.05, 0.1) is 12.2 Å². The summed E-state index contributed by atoms with van der Waals surface area (Å²) in [5.41, 5.74) is 2.66. The van der Waals surface area contributed by atoms with Crippen molar-refractivity contribution in [3.05, 3.63) is 128 Å². The number of benzene rings is 3. The number of hydrogen-bond donors (Lipinski definition) is 1. The Hall–Kier alpha value is -4.26. The minimum Gasteiger partial charge on any atom is -0.346 e. The summed E-state index contributed by atoms with van der Waals surface area (Å²) < 4.78 is 2.18. The Labute approximate surface area is 203 Å². The van der Waals surface area contributed by atoms with Gasteiger partial charge in [-0.3, -0.25) is 14.2 Å². The molecule has 4 rings (SSSR count). The SMILES string of the molecule is Cc1ccc(Cn2c(=O)c(C(=O)NCc3ccccc3)nn(-c3ccc(C(C)C)cc3)c2=O)cc1. The lowest BCUT2D eigenvalue weighted by Crippen LogP contribution is -2.46. The molecule has 4 aromatic rings. The molecule has 0 fully saturated rings. The zero-order chi connectivity index (χ0) is 24.9. The lowest BCUT2D eigenvalue weighted by Gasteiger charge is -2.13. The number of amides is 1. The van der Waals surface area contributed by atoms with E-state index in [0.29, 0.717) is 11.6 Å². The Morgan fingerprint density at radius 3 is 2.17 bits per heavy atom. The standard InChI is InChI=1S/C28H28N4O3/c1-19(2)23-13-15-24(16-14-23)32-28(35)31(18-22-11-9-20(3)10-12-22)27(34)25(30-32)26(33)29-17-21-7-5-4-6-8-21/h4-16,19H,17-18H2,1-3H3,(H,29,33). The predicted molar refractivity (Wildman–Crippen MR) is 136 cm³/mol. The number of nitrogens with zero attached hydrogens (tertiary/aromatic N) is 3. The van der Waals surface area contributed by atoms with Crippen LogP contribution in [0.25, 0.3) is 5.69 Å². The fourth-order valence-corrected chi connectivity index (χ4v) is 3.70. The summed E-state index contributed by atoms with van der Waals surface area (Å²) in [6.07, 6.45) is 0. The van der Waals surface area contributed by atoms with Crippen molar-refractivity contribution in [2.75, 3.05) is 0 Å². The second-order valence-corrected chi connectivity index (χ2v) is 8.83. The van der Waals surface area contributed by atoms with Crippen LogP contribution in [0, 0.1) is 6.92 Å². The van der Waals surface area contributed by atoms with E-state index in [1.165, 1.54) is 0 Å². The van der Waals surface area contributed by atoms with Gasteiger partial charge in [-0.1, -0.05) is 86.1 Å². The molecular formula is C28H28N4O3. The zero-order valence-corrected chi connectivity index (χ0v) is 20.1. The maximum absolute atomic E-state index is 13.4. The Balaban J connectivity index is 1.77. The van der Waals surface area contributed by atoms with Gasteiger partial charge >= 0.3 is 5.69 Å². The summed E-state index contributed by atoms with van der Waals surface area (Å²) in [5.74, 6) is -0.312. The molecule has 0 saturated heterocycles. The maximum Gasteiger partial charge on any atom is 0.352 e. The summed E-state index contributed by atoms with van der Waals surface area (Å²) in [6.45, 7) is 6.39. The van der Waals surface area contributed by atoms with Crippen LogP contribution in [-0.4, -0.2) is 20.3 Å². The van der Waals surface area contributed by atoms with Crippen LogP contribution in [-0.2, 0) is 13.1 Å². The van der Waals surface area contributed by atoms with Gasteiger partial charge in [-0.15, -0.1) is 0 Å². The number of rotatable bonds is 7. The van der Waals surface area contributed by atoms with Crippen LogP contribution in [0.3, 0.4) is 0 Å². The van der Waals surface area contributed by atoms with Crippen LogP contribution in [0.5, 0.6) is 0 Å². The third-order valence-corrected chi connectivity index (χ3v) is 5.84. The molecule has 0 atom stereocenters. The highest BCUT2D eigenvalue weighted by atomic mass is 16.2. The highest BCUT2D eigenvalue weighted by Gasteiger charge is 2.20. The van der Waals surface area contributed by atoms with Crippen molar-refractivity contribution in [2.45, 2.75) is 39.8 Å². The maximum atomic E-state index is 13.4. The molecule has 0 aliphatic carbocycles. The van der Waals surface area contributed by atoms with Crippen molar-refractivity contribution in [1.29, 1.82) is 0 Å². The molecule has 0 radical (unpaired) electrons. The van der Waals surface area contributed by atoms with E-state index in [0.717, 1.165) is 31.5 Å². The summed E-state index contributed by atoms with van der Waals surface area (Å²) in [4.78, 5) is 39.7. The van der Waals surface area contributed by atoms with E-state index in [1.54, 1.807) is 12.1 Å². The van der Waals surface area contributed by atoms with Gasteiger partial charge in [-0.2, -0.15) is 9.78 Å². The molecule has 0 saturated carbocycles. The Kier molecular flexibility index (Phi) is 7.06. The van der Waals surface area contributed by atoms with Crippen molar-refractivity contribution in [1.82, 2.24) is 19.7 Å². The van der Waals surface area contributed by atoms with Crippen molar-refractivity contribution in [3.8, 4) is 5.69 Å². The summed E-state index contributed by atoms with van der Waals surface area (Å²) >= 11 is 0. The molecular weight excluding hydrogens is 440 g/mol. The van der Waals surface area contributed by atoms with Crippen molar-refractivity contribution in [2.24, 2.45) is 0 Å². The first kappa shape index (κ1) is 23.9. The second-order valence-electron chi connectivity index (χ2n) is 8.83. The second kappa shape index (κ2) is 10.3. The molecule has 1 heterocycles. The molecule has 7 nitrogen and oxygen atoms in total. The van der Waals surface area contributed by atoms with E-state index in [-0.39, 0.29) is 18.8 Å². The lowest BCUT2D eigenvalue weighted by atomic mass is 10.0. The topological polar surface area (TPSA) is 86.0 Å². The third kappa shape index (κ3) is 5.46. The molecule has 0 aliphatic heterocycles. The molecule has 178 valence electrons. The van der Waals surface area contributed by atoms with Crippen LogP contribution in [0.15, 0.2) is 88.5 Å². The van der Waals surface area contributed by atoms with Crippen LogP contribution < -0.4 is 16.6 Å². The summed E-state index contributed by atoms with van der Waals surface area (Å²) in [6, 6.07) is 24.3. The van der Waals surface area contributed by atoms with Crippen LogP contribution in [0.4, 0.5) is 0 Å². The highest BCUT2D eigenvalue weighted by Crippen LogP contribution is 2.15. The molecule has 7 heteroatoms. The Morgan fingerprint density at radius 1 is 0.886 bits per heavy atom. The highest BCUT2D eigenvalue weighted by molar-refractivity contribution is 5.91. The average Bonchev–Trinajstić information content (AvgIpc) is 2.87. The predicted octanol–water partition coefficient (Wildman–Crippen LogP) is 3.80. The van der Waals surface area contributed by atoms with Gasteiger partial charge in [0, 0.05) is 6.54 Å². The Bertz CT molecular complexity index is 1440. The zero-order valence-electron chi connectivity index (χ0n) is 20.1. The Morgan fingerprint density at radius 2 is 1.54 bits per heavy atom. The molecule has 35 heavy (non-hydrogen) atoms. The smallest absolute Gasteiger partial charge is 0.346 e. The van der Waals surface area contributed by atoms with E-state index in [4.69, 9.17) is 0 Å². The number of nitrogens with one attached hydrogen (secondary N) is 1. The minimum absolute atomic E-state index is 0.0313. The first-order chi connectivity index (χ1) is 16.8. The van der Waals surface area contributed by atoms with Crippen molar-refractivity contribution in [3.63, 3.8) is 0 Å². The first-order valence-electron chi connectivity index (χ1n) is 11.6. The van der Waals surface area contributed by atoms with E-state index in [9.17, 15) is 14.4 Å². The molecule has 0 bridgehead atoms. The quantitative estimate of drug-likeness (QED) is 0.447. The normalized spacial score (nSPS) is 11.0. The summed E-state index contributed by atoms with van der Waals surface area (Å²) in [7, 11) is 0. The van der Waals surface area contributed by atoms with Crippen LogP contribution in [0.1, 0.15) is 52.5 Å². The molecule has 1 amide bonds. The van der Waals surface area contributed by atoms with Gasteiger partial charge in [0.1, 0.15) is 0 Å². The van der Waals surface area contributed by atoms with Crippen molar-refractivity contribution < 1.29 is 4.79 Å². The minimum atomic E-state index is -0.726. The molecule has 0 spiro atoms. The van der Waals surface area contributed by atoms with E-state index in [1.807, 2.05) is 73.7 Å². The number of aromatic nitrogens is 3. The molecule has 0 unspecified atom stereocenters. The van der Waals surface area contributed by atoms with Gasteiger partial charge < -0.3 is 5.32 Å². The average molecular weight is 469 g/mol. The number of carbonyl (C=O) groups is 1. The van der Waals surface area contributed by atoms with Crippen LogP contribution in [0.2, 0.25) is 0 Å². The lowest BCUT2D eigenvalue weighted by molar-refractivity contribution is 0.0941. The number of aryl methyl sites for hydroxylation is 1. The largest absolute Gasteiger partial charge is 0.352 e. The molecule has 1 aromatic heterocycles. The molecule has 3 aromatic carbocycles. The first-order valence-corrected chi connectivity index (χ1v) is 11.6. The van der Waals surface area contributed by atoms with Gasteiger partial charge in [-0.05, 0) is 41.7 Å². The molecule has 1 N–H and O–H groups in total. The van der Waals surface area contributed by atoms with Gasteiger partial charge in [-0.25, -0.2) is 4.79 Å². The summed E-state index contributed by atoms with van der Waals surface area (Å²) in [5, 5.41) is 6.95. The number of carbonyl (C=O) groups excluding carboxylic acids is 1. The van der Waals surface area contributed by atoms with E-state index in [2.05, 4.69) is 24.3 Å². The van der Waals surface area contributed by atoms with E-state index >= 15 is 0 Å². The van der Waals surface area contributed by atoms with Gasteiger partial charge in [0.2, 0.25) is 5.69 Å². The fraction of sp³-hybridized carbons (Fsp3) is 0.214. The molecule has 0 aliphatic rings. The van der Waals surface area contributed by atoms with Crippen molar-refractivity contribution >= 4 is 5.91 Å². The van der Waals surface area contributed by atoms with Gasteiger partial charge in [0.25, 0.3) is 11.5 Å².